The predicted molar refractivity (Wildman–Crippen MR) is 101 cm³/mol. The minimum absolute atomic E-state index is 0.0965. The highest BCUT2D eigenvalue weighted by Crippen LogP contribution is 2.15. The molecule has 146 valence electrons. The van der Waals surface area contributed by atoms with Gasteiger partial charge in [-0.2, -0.15) is 0 Å². The predicted octanol–water partition coefficient (Wildman–Crippen LogP) is 1.59. The number of ether oxygens (including phenoxy) is 1. The Morgan fingerprint density at radius 1 is 1.00 bits per heavy atom. The first-order chi connectivity index (χ1) is 12.9. The highest BCUT2D eigenvalue weighted by molar-refractivity contribution is 7.89. The van der Waals surface area contributed by atoms with Crippen LogP contribution in [0.15, 0.2) is 53.4 Å². The van der Waals surface area contributed by atoms with E-state index >= 15 is 0 Å². The first-order valence-corrected chi connectivity index (χ1v) is 9.77. The van der Waals surface area contributed by atoms with Gasteiger partial charge < -0.3 is 15.4 Å². The summed E-state index contributed by atoms with van der Waals surface area (Å²) in [4.78, 5) is 12.2. The van der Waals surface area contributed by atoms with E-state index in [2.05, 4.69) is 15.4 Å². The zero-order valence-electron chi connectivity index (χ0n) is 14.9. The Hall–Kier alpha value is -2.33. The van der Waals surface area contributed by atoms with E-state index in [9.17, 15) is 17.6 Å². The third kappa shape index (κ3) is 6.72. The summed E-state index contributed by atoms with van der Waals surface area (Å²) < 4.78 is 44.7. The standard InChI is InChI=1S/C18H22FN3O4S/c1-26-13-12-20-10-11-21-27(24,25)17-8-6-16(7-9-17)22-18(23)14-2-4-15(19)5-3-14/h2-9,20-21H,10-13H2,1H3,(H,22,23). The number of methoxy groups -OCH3 is 1. The van der Waals surface area contributed by atoms with Crippen molar-refractivity contribution in [3.05, 3.63) is 59.9 Å². The number of anilines is 1. The Bertz CT molecular complexity index is 840. The maximum absolute atomic E-state index is 12.9. The van der Waals surface area contributed by atoms with Gasteiger partial charge in [0.1, 0.15) is 5.82 Å². The molecule has 0 saturated heterocycles. The molecule has 7 nitrogen and oxygen atoms in total. The molecule has 0 aliphatic carbocycles. The molecule has 1 amide bonds. The van der Waals surface area contributed by atoms with Crippen LogP contribution in [0.25, 0.3) is 0 Å². The van der Waals surface area contributed by atoms with Crippen LogP contribution in [0.5, 0.6) is 0 Å². The molecule has 2 aromatic rings. The average Bonchev–Trinajstić information content (AvgIpc) is 2.65. The molecule has 2 aromatic carbocycles. The molecule has 0 atom stereocenters. The molecule has 0 aliphatic heterocycles. The van der Waals surface area contributed by atoms with Gasteiger partial charge in [0, 0.05) is 38.0 Å². The Morgan fingerprint density at radius 3 is 2.30 bits per heavy atom. The van der Waals surface area contributed by atoms with Gasteiger partial charge in [0.15, 0.2) is 0 Å². The maximum Gasteiger partial charge on any atom is 0.255 e. The van der Waals surface area contributed by atoms with Crippen molar-refractivity contribution in [3.8, 4) is 0 Å². The number of amides is 1. The molecule has 27 heavy (non-hydrogen) atoms. The summed E-state index contributed by atoms with van der Waals surface area (Å²) >= 11 is 0. The van der Waals surface area contributed by atoms with Gasteiger partial charge in [-0.25, -0.2) is 17.5 Å². The van der Waals surface area contributed by atoms with E-state index in [1.165, 1.54) is 48.5 Å². The Labute approximate surface area is 158 Å². The minimum atomic E-state index is -3.63. The second-order valence-corrected chi connectivity index (χ2v) is 7.39. The summed E-state index contributed by atoms with van der Waals surface area (Å²) in [5.41, 5.74) is 0.736. The normalized spacial score (nSPS) is 11.3. The summed E-state index contributed by atoms with van der Waals surface area (Å²) in [5.74, 6) is -0.839. The number of rotatable bonds is 10. The monoisotopic (exact) mass is 395 g/mol. The lowest BCUT2D eigenvalue weighted by Crippen LogP contribution is -2.33. The van der Waals surface area contributed by atoms with Crippen LogP contribution in [0.3, 0.4) is 0 Å². The molecule has 0 aliphatic rings. The fourth-order valence-corrected chi connectivity index (χ4v) is 3.21. The van der Waals surface area contributed by atoms with Crippen molar-refractivity contribution in [3.63, 3.8) is 0 Å². The first kappa shape index (κ1) is 21.0. The lowest BCUT2D eigenvalue weighted by atomic mass is 10.2. The average molecular weight is 395 g/mol. The van der Waals surface area contributed by atoms with Crippen LogP contribution >= 0.6 is 0 Å². The van der Waals surface area contributed by atoms with Crippen molar-refractivity contribution in [2.75, 3.05) is 38.7 Å². The van der Waals surface area contributed by atoms with Crippen molar-refractivity contribution in [2.45, 2.75) is 4.90 Å². The van der Waals surface area contributed by atoms with Crippen molar-refractivity contribution in [1.29, 1.82) is 0 Å². The van der Waals surface area contributed by atoms with Crippen LogP contribution in [0, 0.1) is 5.82 Å². The van der Waals surface area contributed by atoms with Crippen molar-refractivity contribution in [2.24, 2.45) is 0 Å². The molecule has 0 unspecified atom stereocenters. The molecule has 0 heterocycles. The SMILES string of the molecule is COCCNCCNS(=O)(=O)c1ccc(NC(=O)c2ccc(F)cc2)cc1. The van der Waals surface area contributed by atoms with Crippen LogP contribution in [0.1, 0.15) is 10.4 Å². The van der Waals surface area contributed by atoms with Gasteiger partial charge in [-0.3, -0.25) is 4.79 Å². The Kier molecular flexibility index (Phi) is 7.86. The molecule has 0 spiro atoms. The van der Waals surface area contributed by atoms with Gasteiger partial charge in [0.25, 0.3) is 5.91 Å². The first-order valence-electron chi connectivity index (χ1n) is 8.29. The van der Waals surface area contributed by atoms with Crippen molar-refractivity contribution >= 4 is 21.6 Å². The third-order valence-corrected chi connectivity index (χ3v) is 5.08. The fraction of sp³-hybridized carbons (Fsp3) is 0.278. The maximum atomic E-state index is 12.9. The molecule has 0 saturated carbocycles. The van der Waals surface area contributed by atoms with Crippen LogP contribution in [-0.4, -0.2) is 47.7 Å². The lowest BCUT2D eigenvalue weighted by Gasteiger charge is -2.09. The number of halogens is 1. The molecule has 0 aromatic heterocycles. The lowest BCUT2D eigenvalue weighted by molar-refractivity contribution is 0.102. The summed E-state index contributed by atoms with van der Waals surface area (Å²) in [7, 11) is -2.04. The van der Waals surface area contributed by atoms with Gasteiger partial charge in [0.05, 0.1) is 11.5 Å². The largest absolute Gasteiger partial charge is 0.383 e. The second kappa shape index (κ2) is 10.1. The molecule has 0 fully saturated rings. The van der Waals surface area contributed by atoms with Gasteiger partial charge >= 0.3 is 0 Å². The molecule has 2 rings (SSSR count). The number of carbonyl (C=O) groups excluding carboxylic acids is 1. The highest BCUT2D eigenvalue weighted by atomic mass is 32.2. The second-order valence-electron chi connectivity index (χ2n) is 5.63. The van der Waals surface area contributed by atoms with E-state index in [-0.39, 0.29) is 11.4 Å². The molecular formula is C18H22FN3O4S. The Balaban J connectivity index is 1.89. The van der Waals surface area contributed by atoms with E-state index in [1.54, 1.807) is 7.11 Å². The minimum Gasteiger partial charge on any atom is -0.383 e. The van der Waals surface area contributed by atoms with Gasteiger partial charge in [-0.05, 0) is 48.5 Å². The smallest absolute Gasteiger partial charge is 0.255 e. The number of benzene rings is 2. The topological polar surface area (TPSA) is 96.5 Å². The van der Waals surface area contributed by atoms with E-state index in [4.69, 9.17) is 4.74 Å². The van der Waals surface area contributed by atoms with Crippen LogP contribution in [-0.2, 0) is 14.8 Å². The number of nitrogens with one attached hydrogen (secondary N) is 3. The summed E-state index contributed by atoms with van der Waals surface area (Å²) in [6, 6.07) is 10.9. The molecule has 9 heteroatoms. The Morgan fingerprint density at radius 2 is 1.67 bits per heavy atom. The summed E-state index contributed by atoms with van der Waals surface area (Å²) in [5, 5.41) is 5.67. The van der Waals surface area contributed by atoms with E-state index in [0.717, 1.165) is 0 Å². The molecule has 3 N–H and O–H groups in total. The van der Waals surface area contributed by atoms with Crippen molar-refractivity contribution in [1.82, 2.24) is 10.0 Å². The molecule has 0 radical (unpaired) electrons. The van der Waals surface area contributed by atoms with E-state index in [1.807, 2.05) is 0 Å². The van der Waals surface area contributed by atoms with Crippen LogP contribution in [0.2, 0.25) is 0 Å². The van der Waals surface area contributed by atoms with Crippen LogP contribution in [0.4, 0.5) is 10.1 Å². The van der Waals surface area contributed by atoms with Crippen LogP contribution < -0.4 is 15.4 Å². The quantitative estimate of drug-likeness (QED) is 0.531. The van der Waals surface area contributed by atoms with Gasteiger partial charge in [0.2, 0.25) is 10.0 Å². The fourth-order valence-electron chi connectivity index (χ4n) is 2.18. The number of hydrogen-bond donors (Lipinski definition) is 3. The van der Waals surface area contributed by atoms with Gasteiger partial charge in [-0.15, -0.1) is 0 Å². The van der Waals surface area contributed by atoms with E-state index < -0.39 is 21.7 Å². The number of hydrogen-bond acceptors (Lipinski definition) is 5. The number of carbonyl (C=O) groups is 1. The van der Waals surface area contributed by atoms with E-state index in [0.29, 0.717) is 30.9 Å². The zero-order chi connectivity index (χ0) is 19.7. The summed E-state index contributed by atoms with van der Waals surface area (Å²) in [6.45, 7) is 1.92. The zero-order valence-corrected chi connectivity index (χ0v) is 15.7. The third-order valence-electron chi connectivity index (χ3n) is 3.61. The summed E-state index contributed by atoms with van der Waals surface area (Å²) in [6.07, 6.45) is 0. The van der Waals surface area contributed by atoms with Gasteiger partial charge in [-0.1, -0.05) is 0 Å². The number of sulfonamides is 1. The molecular weight excluding hydrogens is 373 g/mol. The highest BCUT2D eigenvalue weighted by Gasteiger charge is 2.13. The van der Waals surface area contributed by atoms with Crippen molar-refractivity contribution < 1.29 is 22.3 Å². The molecule has 0 bridgehead atoms.